The number of likely N-dealkylation sites (N-methyl/N-ethyl adjacent to an activating group) is 1. The number of carbonyl (C=O) groups is 1. The highest BCUT2D eigenvalue weighted by molar-refractivity contribution is 5.68. The second-order valence-corrected chi connectivity index (χ2v) is 7.55. The number of amides is 1. The van der Waals surface area contributed by atoms with Gasteiger partial charge in [0.05, 0.1) is 0 Å². The smallest absolute Gasteiger partial charge is 0.407 e. The van der Waals surface area contributed by atoms with Gasteiger partial charge in [-0.3, -0.25) is 4.90 Å². The van der Waals surface area contributed by atoms with E-state index in [-0.39, 0.29) is 18.2 Å². The summed E-state index contributed by atoms with van der Waals surface area (Å²) in [4.78, 5) is 14.3. The highest BCUT2D eigenvalue weighted by Crippen LogP contribution is 2.23. The van der Waals surface area contributed by atoms with Crippen molar-refractivity contribution in [1.82, 2.24) is 10.2 Å². The van der Waals surface area contributed by atoms with Gasteiger partial charge in [0, 0.05) is 24.7 Å². The number of nitrogens with zero attached hydrogens (tertiary/aromatic N) is 1. The predicted molar refractivity (Wildman–Crippen MR) is 90.9 cm³/mol. The van der Waals surface area contributed by atoms with Crippen LogP contribution >= 0.6 is 0 Å². The molecule has 0 radical (unpaired) electrons. The highest BCUT2D eigenvalue weighted by atomic mass is 16.6. The summed E-state index contributed by atoms with van der Waals surface area (Å²) >= 11 is 0. The molecule has 0 aromatic carbocycles. The quantitative estimate of drug-likeness (QED) is 0.766. The van der Waals surface area contributed by atoms with Crippen LogP contribution in [0, 0.1) is 0 Å². The van der Waals surface area contributed by atoms with E-state index in [4.69, 9.17) is 10.5 Å². The standard InChI is InChI=1S/C17H35N3O2/c1-13(19-16(21)22-17(2,3)4)15(12-18)20(5)14-10-8-6-7-9-11-14/h13-15H,6-12,18H2,1-5H3,(H,19,21). The van der Waals surface area contributed by atoms with E-state index in [2.05, 4.69) is 17.3 Å². The molecule has 0 spiro atoms. The van der Waals surface area contributed by atoms with Crippen molar-refractivity contribution in [3.63, 3.8) is 0 Å². The van der Waals surface area contributed by atoms with E-state index < -0.39 is 5.60 Å². The zero-order valence-electron chi connectivity index (χ0n) is 15.0. The van der Waals surface area contributed by atoms with Gasteiger partial charge in [0.1, 0.15) is 5.60 Å². The first-order valence-corrected chi connectivity index (χ1v) is 8.66. The van der Waals surface area contributed by atoms with E-state index >= 15 is 0 Å². The van der Waals surface area contributed by atoms with Gasteiger partial charge in [-0.1, -0.05) is 25.7 Å². The molecule has 1 amide bonds. The number of nitrogens with two attached hydrogens (primary N) is 1. The summed E-state index contributed by atoms with van der Waals surface area (Å²) < 4.78 is 5.34. The van der Waals surface area contributed by atoms with E-state index in [1.54, 1.807) is 0 Å². The van der Waals surface area contributed by atoms with Gasteiger partial charge in [-0.05, 0) is 47.6 Å². The molecule has 2 unspecified atom stereocenters. The summed E-state index contributed by atoms with van der Waals surface area (Å²) in [7, 11) is 2.14. The van der Waals surface area contributed by atoms with Crippen LogP contribution in [0.25, 0.3) is 0 Å². The lowest BCUT2D eigenvalue weighted by molar-refractivity contribution is 0.0459. The molecule has 0 aliphatic heterocycles. The molecule has 0 heterocycles. The maximum Gasteiger partial charge on any atom is 0.407 e. The highest BCUT2D eigenvalue weighted by Gasteiger charge is 2.28. The molecule has 3 N–H and O–H groups in total. The molecule has 0 aromatic heterocycles. The van der Waals surface area contributed by atoms with Gasteiger partial charge in [-0.15, -0.1) is 0 Å². The Labute approximate surface area is 135 Å². The fourth-order valence-electron chi connectivity index (χ4n) is 3.25. The van der Waals surface area contributed by atoms with Crippen molar-refractivity contribution in [3.05, 3.63) is 0 Å². The van der Waals surface area contributed by atoms with Crippen molar-refractivity contribution >= 4 is 6.09 Å². The second kappa shape index (κ2) is 8.73. The average Bonchev–Trinajstić information content (AvgIpc) is 2.65. The van der Waals surface area contributed by atoms with Crippen molar-refractivity contribution in [2.75, 3.05) is 13.6 Å². The molecular weight excluding hydrogens is 278 g/mol. The van der Waals surface area contributed by atoms with Crippen LogP contribution in [0.1, 0.15) is 66.2 Å². The average molecular weight is 313 g/mol. The molecule has 5 heteroatoms. The first kappa shape index (κ1) is 19.2. The maximum absolute atomic E-state index is 12.0. The number of hydrogen-bond acceptors (Lipinski definition) is 4. The Balaban J connectivity index is 2.58. The van der Waals surface area contributed by atoms with Crippen molar-refractivity contribution < 1.29 is 9.53 Å². The largest absolute Gasteiger partial charge is 0.444 e. The Morgan fingerprint density at radius 3 is 2.27 bits per heavy atom. The van der Waals surface area contributed by atoms with Crippen LogP contribution in [0.4, 0.5) is 4.79 Å². The SMILES string of the molecule is CC(NC(=O)OC(C)(C)C)C(CN)N(C)C1CCCCCC1. The number of rotatable bonds is 5. The number of ether oxygens (including phenoxy) is 1. The van der Waals surface area contributed by atoms with E-state index in [1.807, 2.05) is 27.7 Å². The Hall–Kier alpha value is -0.810. The van der Waals surface area contributed by atoms with Crippen LogP contribution in [-0.4, -0.2) is 48.3 Å². The fraction of sp³-hybridized carbons (Fsp3) is 0.941. The molecule has 1 aliphatic carbocycles. The van der Waals surface area contributed by atoms with E-state index in [1.165, 1.54) is 38.5 Å². The minimum absolute atomic E-state index is 0.0342. The Morgan fingerprint density at radius 2 is 1.82 bits per heavy atom. The maximum atomic E-state index is 12.0. The van der Waals surface area contributed by atoms with Gasteiger partial charge >= 0.3 is 6.09 Å². The third-order valence-electron chi connectivity index (χ3n) is 4.49. The van der Waals surface area contributed by atoms with Crippen LogP contribution < -0.4 is 11.1 Å². The van der Waals surface area contributed by atoms with Crippen LogP contribution in [0.15, 0.2) is 0 Å². The number of carbonyl (C=O) groups excluding carboxylic acids is 1. The lowest BCUT2D eigenvalue weighted by Gasteiger charge is -2.38. The minimum atomic E-state index is -0.477. The van der Waals surface area contributed by atoms with Crippen molar-refractivity contribution in [3.8, 4) is 0 Å². The number of nitrogens with one attached hydrogen (secondary N) is 1. The summed E-state index contributed by atoms with van der Waals surface area (Å²) in [6, 6.07) is 0.669. The molecule has 2 atom stereocenters. The van der Waals surface area contributed by atoms with Gasteiger partial charge in [0.15, 0.2) is 0 Å². The molecule has 5 nitrogen and oxygen atoms in total. The monoisotopic (exact) mass is 313 g/mol. The molecule has 1 rings (SSSR count). The topological polar surface area (TPSA) is 67.6 Å². The molecule has 1 fully saturated rings. The van der Waals surface area contributed by atoms with Gasteiger partial charge < -0.3 is 15.8 Å². The summed E-state index contributed by atoms with van der Waals surface area (Å²) in [6.45, 7) is 8.15. The fourth-order valence-corrected chi connectivity index (χ4v) is 3.25. The van der Waals surface area contributed by atoms with E-state index in [0.717, 1.165) is 0 Å². The van der Waals surface area contributed by atoms with E-state index in [9.17, 15) is 4.79 Å². The van der Waals surface area contributed by atoms with Gasteiger partial charge in [-0.2, -0.15) is 0 Å². The van der Waals surface area contributed by atoms with Crippen molar-refractivity contribution in [2.24, 2.45) is 5.73 Å². The molecule has 130 valence electrons. The lowest BCUT2D eigenvalue weighted by atomic mass is 10.0. The van der Waals surface area contributed by atoms with Crippen molar-refractivity contribution in [1.29, 1.82) is 0 Å². The Morgan fingerprint density at radius 1 is 1.27 bits per heavy atom. The zero-order chi connectivity index (χ0) is 16.8. The third-order valence-corrected chi connectivity index (χ3v) is 4.49. The Kier molecular flexibility index (Phi) is 7.63. The lowest BCUT2D eigenvalue weighted by Crippen LogP contribution is -2.55. The summed E-state index contributed by atoms with van der Waals surface area (Å²) in [5.41, 5.74) is 5.51. The number of hydrogen-bond donors (Lipinski definition) is 2. The minimum Gasteiger partial charge on any atom is -0.444 e. The van der Waals surface area contributed by atoms with Crippen LogP contribution in [-0.2, 0) is 4.74 Å². The normalized spacial score (nSPS) is 20.3. The molecule has 0 aromatic rings. The van der Waals surface area contributed by atoms with Crippen LogP contribution in [0.3, 0.4) is 0 Å². The van der Waals surface area contributed by atoms with Gasteiger partial charge in [0.2, 0.25) is 0 Å². The Bertz CT molecular complexity index is 333. The van der Waals surface area contributed by atoms with E-state index in [0.29, 0.717) is 12.6 Å². The van der Waals surface area contributed by atoms with Crippen molar-refractivity contribution in [2.45, 2.75) is 89.9 Å². The predicted octanol–water partition coefficient (Wildman–Crippen LogP) is 2.88. The first-order valence-electron chi connectivity index (χ1n) is 8.66. The molecule has 1 aliphatic rings. The zero-order valence-corrected chi connectivity index (χ0v) is 15.0. The summed E-state index contributed by atoms with van der Waals surface area (Å²) in [5.74, 6) is 0. The first-order chi connectivity index (χ1) is 10.2. The van der Waals surface area contributed by atoms with Gasteiger partial charge in [0.25, 0.3) is 0 Å². The molecule has 22 heavy (non-hydrogen) atoms. The summed E-state index contributed by atoms with van der Waals surface area (Å²) in [6.07, 6.45) is 7.35. The van der Waals surface area contributed by atoms with Crippen LogP contribution in [0.5, 0.6) is 0 Å². The van der Waals surface area contributed by atoms with Gasteiger partial charge in [-0.25, -0.2) is 4.79 Å². The summed E-state index contributed by atoms with van der Waals surface area (Å²) in [5, 5.41) is 2.94. The molecule has 0 saturated heterocycles. The molecule has 1 saturated carbocycles. The molecule has 0 bridgehead atoms. The third kappa shape index (κ3) is 6.53. The second-order valence-electron chi connectivity index (χ2n) is 7.55. The molecular formula is C17H35N3O2. The van der Waals surface area contributed by atoms with Crippen LogP contribution in [0.2, 0.25) is 0 Å². The number of alkyl carbamates (subject to hydrolysis) is 1.